The Bertz CT molecular complexity index is 940. The molecule has 0 aromatic heterocycles. The molecule has 2 aliphatic rings. The maximum Gasteiger partial charge on any atom is 0.251 e. The standard InChI is InChI=1S/C22H22FN3O3/c23-15-6-7-17-18(13-20(27)25-19(17)12-15)22(29)26-10-8-16(9-11-26)24-21(28)14-4-2-1-3-5-14/h1-7,12,16,18H,8-11,13H2,(H,24,28)(H,25,27). The van der Waals surface area contributed by atoms with Crippen LogP contribution in [-0.4, -0.2) is 41.8 Å². The maximum atomic E-state index is 13.5. The maximum absolute atomic E-state index is 13.5. The number of halogens is 1. The Balaban J connectivity index is 1.38. The van der Waals surface area contributed by atoms with E-state index < -0.39 is 11.7 Å². The number of nitrogens with zero attached hydrogens (tertiary/aromatic N) is 1. The third-order valence-corrected chi connectivity index (χ3v) is 5.53. The first kappa shape index (κ1) is 19.1. The highest BCUT2D eigenvalue weighted by atomic mass is 19.1. The van der Waals surface area contributed by atoms with Gasteiger partial charge in [-0.25, -0.2) is 4.39 Å². The smallest absolute Gasteiger partial charge is 0.251 e. The summed E-state index contributed by atoms with van der Waals surface area (Å²) in [6.45, 7) is 1.01. The zero-order valence-electron chi connectivity index (χ0n) is 15.9. The molecule has 0 bridgehead atoms. The average Bonchev–Trinajstić information content (AvgIpc) is 2.73. The summed E-state index contributed by atoms with van der Waals surface area (Å²) in [5.74, 6) is -1.58. The highest BCUT2D eigenvalue weighted by molar-refractivity contribution is 6.01. The number of nitrogens with one attached hydrogen (secondary N) is 2. The molecule has 7 heteroatoms. The van der Waals surface area contributed by atoms with Gasteiger partial charge < -0.3 is 15.5 Å². The van der Waals surface area contributed by atoms with E-state index in [0.29, 0.717) is 42.7 Å². The van der Waals surface area contributed by atoms with Crippen molar-refractivity contribution in [3.63, 3.8) is 0 Å². The molecule has 29 heavy (non-hydrogen) atoms. The summed E-state index contributed by atoms with van der Waals surface area (Å²) in [5, 5.41) is 5.66. The van der Waals surface area contributed by atoms with Crippen LogP contribution in [0.25, 0.3) is 0 Å². The number of hydrogen-bond donors (Lipinski definition) is 2. The minimum absolute atomic E-state index is 0.00259. The lowest BCUT2D eigenvalue weighted by molar-refractivity contribution is -0.136. The Hall–Kier alpha value is -3.22. The fourth-order valence-electron chi connectivity index (χ4n) is 3.98. The minimum atomic E-state index is -0.602. The Morgan fingerprint density at radius 3 is 2.52 bits per heavy atom. The van der Waals surface area contributed by atoms with Gasteiger partial charge in [0.25, 0.3) is 5.91 Å². The van der Waals surface area contributed by atoms with Crippen LogP contribution in [0.15, 0.2) is 48.5 Å². The molecule has 4 rings (SSSR count). The monoisotopic (exact) mass is 395 g/mol. The lowest BCUT2D eigenvalue weighted by atomic mass is 9.88. The summed E-state index contributed by atoms with van der Waals surface area (Å²) in [6.07, 6.45) is 1.36. The number of benzene rings is 2. The summed E-state index contributed by atoms with van der Waals surface area (Å²) in [5.41, 5.74) is 1.63. The third-order valence-electron chi connectivity index (χ3n) is 5.53. The van der Waals surface area contributed by atoms with Gasteiger partial charge in [-0.1, -0.05) is 24.3 Å². The van der Waals surface area contributed by atoms with Gasteiger partial charge in [-0.3, -0.25) is 14.4 Å². The largest absolute Gasteiger partial charge is 0.349 e. The highest BCUT2D eigenvalue weighted by Crippen LogP contribution is 2.34. The molecule has 0 radical (unpaired) electrons. The summed E-state index contributed by atoms with van der Waals surface area (Å²) in [6, 6.07) is 13.2. The number of hydrogen-bond acceptors (Lipinski definition) is 3. The molecule has 150 valence electrons. The van der Waals surface area contributed by atoms with E-state index in [1.54, 1.807) is 23.1 Å². The van der Waals surface area contributed by atoms with E-state index in [1.165, 1.54) is 12.1 Å². The number of rotatable bonds is 3. The fraction of sp³-hybridized carbons (Fsp3) is 0.318. The van der Waals surface area contributed by atoms with E-state index in [0.717, 1.165) is 0 Å². The molecule has 2 heterocycles. The summed E-state index contributed by atoms with van der Waals surface area (Å²) < 4.78 is 13.5. The van der Waals surface area contributed by atoms with Gasteiger partial charge >= 0.3 is 0 Å². The van der Waals surface area contributed by atoms with Gasteiger partial charge in [-0.05, 0) is 42.7 Å². The second-order valence-electron chi connectivity index (χ2n) is 7.48. The van der Waals surface area contributed by atoms with E-state index in [-0.39, 0.29) is 30.2 Å². The van der Waals surface area contributed by atoms with E-state index in [2.05, 4.69) is 10.6 Å². The van der Waals surface area contributed by atoms with Crippen LogP contribution in [0.2, 0.25) is 0 Å². The molecule has 0 aliphatic carbocycles. The van der Waals surface area contributed by atoms with Gasteiger partial charge in [0.15, 0.2) is 0 Å². The Kier molecular flexibility index (Phi) is 5.29. The second-order valence-corrected chi connectivity index (χ2v) is 7.48. The van der Waals surface area contributed by atoms with Crippen LogP contribution in [0.5, 0.6) is 0 Å². The molecule has 0 spiro atoms. The predicted molar refractivity (Wildman–Crippen MR) is 106 cm³/mol. The third kappa shape index (κ3) is 4.13. The van der Waals surface area contributed by atoms with Crippen molar-refractivity contribution in [1.29, 1.82) is 0 Å². The zero-order valence-corrected chi connectivity index (χ0v) is 15.9. The van der Waals surface area contributed by atoms with Crippen molar-refractivity contribution >= 4 is 23.4 Å². The lowest BCUT2D eigenvalue weighted by Gasteiger charge is -2.36. The van der Waals surface area contributed by atoms with Crippen molar-refractivity contribution in [3.05, 3.63) is 65.5 Å². The molecule has 0 saturated carbocycles. The van der Waals surface area contributed by atoms with Crippen molar-refractivity contribution in [2.45, 2.75) is 31.2 Å². The quantitative estimate of drug-likeness (QED) is 0.839. The van der Waals surface area contributed by atoms with Gasteiger partial charge in [0, 0.05) is 36.8 Å². The zero-order chi connectivity index (χ0) is 20.4. The van der Waals surface area contributed by atoms with Gasteiger partial charge in [-0.15, -0.1) is 0 Å². The van der Waals surface area contributed by atoms with Gasteiger partial charge in [0.2, 0.25) is 11.8 Å². The number of piperidine rings is 1. The van der Waals surface area contributed by atoms with Gasteiger partial charge in [0.1, 0.15) is 5.82 Å². The van der Waals surface area contributed by atoms with Gasteiger partial charge in [0.05, 0.1) is 5.92 Å². The van der Waals surface area contributed by atoms with Crippen molar-refractivity contribution in [2.24, 2.45) is 0 Å². The Morgan fingerprint density at radius 1 is 1.07 bits per heavy atom. The average molecular weight is 395 g/mol. The van der Waals surface area contributed by atoms with E-state index in [9.17, 15) is 18.8 Å². The SMILES string of the molecule is O=C1CC(C(=O)N2CCC(NC(=O)c3ccccc3)CC2)c2ccc(F)cc2N1. The van der Waals surface area contributed by atoms with Crippen molar-refractivity contribution in [1.82, 2.24) is 10.2 Å². The van der Waals surface area contributed by atoms with Crippen molar-refractivity contribution in [2.75, 3.05) is 18.4 Å². The van der Waals surface area contributed by atoms with E-state index in [4.69, 9.17) is 0 Å². The number of carbonyl (C=O) groups is 3. The van der Waals surface area contributed by atoms with Crippen molar-refractivity contribution < 1.29 is 18.8 Å². The van der Waals surface area contributed by atoms with Crippen LogP contribution in [0.3, 0.4) is 0 Å². The second kappa shape index (κ2) is 8.03. The molecule has 2 N–H and O–H groups in total. The molecule has 6 nitrogen and oxygen atoms in total. The molecule has 2 aliphatic heterocycles. The first-order valence-electron chi connectivity index (χ1n) is 9.75. The number of carbonyl (C=O) groups excluding carboxylic acids is 3. The van der Waals surface area contributed by atoms with Crippen LogP contribution < -0.4 is 10.6 Å². The number of fused-ring (bicyclic) bond motifs is 1. The van der Waals surface area contributed by atoms with E-state index in [1.807, 2.05) is 18.2 Å². The molecule has 1 atom stereocenters. The van der Waals surface area contributed by atoms with Crippen LogP contribution in [-0.2, 0) is 9.59 Å². The summed E-state index contributed by atoms with van der Waals surface area (Å²) >= 11 is 0. The van der Waals surface area contributed by atoms with Crippen molar-refractivity contribution in [3.8, 4) is 0 Å². The van der Waals surface area contributed by atoms with Crippen LogP contribution in [0, 0.1) is 5.82 Å². The molecular weight excluding hydrogens is 373 g/mol. The Labute approximate surface area is 168 Å². The van der Waals surface area contributed by atoms with Crippen LogP contribution in [0.1, 0.15) is 41.1 Å². The summed E-state index contributed by atoms with van der Waals surface area (Å²) in [4.78, 5) is 39.1. The summed E-state index contributed by atoms with van der Waals surface area (Å²) in [7, 11) is 0. The Morgan fingerprint density at radius 2 is 1.79 bits per heavy atom. The van der Waals surface area contributed by atoms with E-state index >= 15 is 0 Å². The molecule has 1 unspecified atom stereocenters. The number of likely N-dealkylation sites (tertiary alicyclic amines) is 1. The number of anilines is 1. The van der Waals surface area contributed by atoms with Crippen LogP contribution in [0.4, 0.5) is 10.1 Å². The molecular formula is C22H22FN3O3. The molecule has 1 saturated heterocycles. The van der Waals surface area contributed by atoms with Crippen LogP contribution >= 0.6 is 0 Å². The lowest BCUT2D eigenvalue weighted by Crippen LogP contribution is -2.48. The molecule has 1 fully saturated rings. The van der Waals surface area contributed by atoms with Gasteiger partial charge in [-0.2, -0.15) is 0 Å². The molecule has 2 aromatic rings. The predicted octanol–water partition coefficient (Wildman–Crippen LogP) is 2.67. The minimum Gasteiger partial charge on any atom is -0.349 e. The fourth-order valence-corrected chi connectivity index (χ4v) is 3.98. The molecule has 2 aromatic carbocycles. The number of amides is 3. The topological polar surface area (TPSA) is 78.5 Å². The first-order valence-corrected chi connectivity index (χ1v) is 9.75. The highest BCUT2D eigenvalue weighted by Gasteiger charge is 2.35. The molecule has 3 amide bonds. The first-order chi connectivity index (χ1) is 14.0. The normalized spacial score (nSPS) is 19.3.